The molecular weight excluding hydrogens is 345 g/mol. The van der Waals surface area contributed by atoms with Gasteiger partial charge in [-0.25, -0.2) is 4.39 Å². The maximum absolute atomic E-state index is 13.9. The molecule has 0 unspecified atom stereocenters. The van der Waals surface area contributed by atoms with E-state index in [4.69, 9.17) is 5.26 Å². The third-order valence-corrected chi connectivity index (χ3v) is 7.63. The molecule has 1 nitrogen and oxygen atoms in total. The van der Waals surface area contributed by atoms with Crippen molar-refractivity contribution in [1.82, 2.24) is 0 Å². The number of halogens is 1. The SMILES string of the molecule is CCCCCCC[C@H]1CC[C@H](C2CCC(c3ccc(C#N)c(F)c3)CC2)CC1. The maximum Gasteiger partial charge on any atom is 0.141 e. The van der Waals surface area contributed by atoms with Crippen LogP contribution in [0.2, 0.25) is 0 Å². The molecule has 0 bridgehead atoms. The van der Waals surface area contributed by atoms with Crippen LogP contribution in [0.5, 0.6) is 0 Å². The van der Waals surface area contributed by atoms with Gasteiger partial charge in [-0.05, 0) is 79.9 Å². The largest absolute Gasteiger partial charge is 0.206 e. The van der Waals surface area contributed by atoms with E-state index in [1.54, 1.807) is 12.1 Å². The first-order chi connectivity index (χ1) is 13.7. The fourth-order valence-electron chi connectivity index (χ4n) is 5.78. The molecule has 154 valence electrons. The van der Waals surface area contributed by atoms with Gasteiger partial charge in [0.05, 0.1) is 5.56 Å². The van der Waals surface area contributed by atoms with Crippen LogP contribution in [-0.2, 0) is 0 Å². The highest BCUT2D eigenvalue weighted by atomic mass is 19.1. The zero-order valence-electron chi connectivity index (χ0n) is 17.8. The van der Waals surface area contributed by atoms with Crippen LogP contribution >= 0.6 is 0 Å². The predicted molar refractivity (Wildman–Crippen MR) is 115 cm³/mol. The lowest BCUT2D eigenvalue weighted by atomic mass is 9.68. The van der Waals surface area contributed by atoms with Crippen molar-refractivity contribution in [3.05, 3.63) is 35.1 Å². The summed E-state index contributed by atoms with van der Waals surface area (Å²) in [5.74, 6) is 2.96. The highest BCUT2D eigenvalue weighted by Crippen LogP contribution is 2.44. The molecule has 0 heterocycles. The Labute approximate surface area is 171 Å². The van der Waals surface area contributed by atoms with E-state index in [9.17, 15) is 4.39 Å². The van der Waals surface area contributed by atoms with Crippen molar-refractivity contribution in [3.63, 3.8) is 0 Å². The molecule has 0 N–H and O–H groups in total. The van der Waals surface area contributed by atoms with Crippen LogP contribution in [0, 0.1) is 34.9 Å². The molecule has 0 atom stereocenters. The zero-order valence-corrected chi connectivity index (χ0v) is 17.8. The topological polar surface area (TPSA) is 23.8 Å². The number of hydrogen-bond donors (Lipinski definition) is 0. The van der Waals surface area contributed by atoms with Gasteiger partial charge in [0.25, 0.3) is 0 Å². The van der Waals surface area contributed by atoms with Gasteiger partial charge in [0.2, 0.25) is 0 Å². The molecule has 0 radical (unpaired) electrons. The molecule has 28 heavy (non-hydrogen) atoms. The van der Waals surface area contributed by atoms with Crippen molar-refractivity contribution >= 4 is 0 Å². The van der Waals surface area contributed by atoms with Gasteiger partial charge in [-0.3, -0.25) is 0 Å². The van der Waals surface area contributed by atoms with Crippen LogP contribution in [0.15, 0.2) is 18.2 Å². The fourth-order valence-corrected chi connectivity index (χ4v) is 5.78. The molecule has 3 rings (SSSR count). The molecule has 2 heteroatoms. The number of benzene rings is 1. The fraction of sp³-hybridized carbons (Fsp3) is 0.731. The summed E-state index contributed by atoms with van der Waals surface area (Å²) < 4.78 is 13.9. The Kier molecular flexibility index (Phi) is 8.38. The van der Waals surface area contributed by atoms with E-state index in [0.717, 1.165) is 23.3 Å². The van der Waals surface area contributed by atoms with Crippen molar-refractivity contribution in [2.75, 3.05) is 0 Å². The van der Waals surface area contributed by atoms with Gasteiger partial charge in [0.1, 0.15) is 11.9 Å². The molecule has 1 aromatic carbocycles. The quantitative estimate of drug-likeness (QED) is 0.416. The van der Waals surface area contributed by atoms with Gasteiger partial charge >= 0.3 is 0 Å². The van der Waals surface area contributed by atoms with Crippen LogP contribution < -0.4 is 0 Å². The van der Waals surface area contributed by atoms with Crippen molar-refractivity contribution < 1.29 is 4.39 Å². The molecule has 2 aliphatic rings. The van der Waals surface area contributed by atoms with Crippen molar-refractivity contribution in [1.29, 1.82) is 5.26 Å². The van der Waals surface area contributed by atoms with E-state index in [0.29, 0.717) is 5.92 Å². The second-order valence-electron chi connectivity index (χ2n) is 9.45. The Hall–Kier alpha value is -1.36. The smallest absolute Gasteiger partial charge is 0.141 e. The molecule has 0 saturated heterocycles. The van der Waals surface area contributed by atoms with Gasteiger partial charge in [-0.15, -0.1) is 0 Å². The number of rotatable bonds is 8. The standard InChI is InChI=1S/C26H38FN/c1-2-3-4-5-6-7-20-8-10-21(11-9-20)22-12-14-23(15-13-22)24-16-17-25(19-28)26(27)18-24/h16-18,20-23H,2-15H2,1H3/t20-,21-,22?,23?. The normalized spacial score (nSPS) is 28.0. The summed E-state index contributed by atoms with van der Waals surface area (Å²) in [6.07, 6.45) is 19.3. The number of hydrogen-bond acceptors (Lipinski definition) is 1. The maximum atomic E-state index is 13.9. The lowest BCUT2D eigenvalue weighted by Gasteiger charge is -2.38. The summed E-state index contributed by atoms with van der Waals surface area (Å²) in [5.41, 5.74) is 1.27. The van der Waals surface area contributed by atoms with E-state index in [1.807, 2.05) is 12.1 Å². The lowest BCUT2D eigenvalue weighted by molar-refractivity contribution is 0.155. The van der Waals surface area contributed by atoms with Crippen LogP contribution in [0.4, 0.5) is 4.39 Å². The third kappa shape index (κ3) is 5.82. The minimum absolute atomic E-state index is 0.166. The molecule has 0 aromatic heterocycles. The second kappa shape index (κ2) is 11.0. The first-order valence-corrected chi connectivity index (χ1v) is 11.9. The first-order valence-electron chi connectivity index (χ1n) is 11.9. The van der Waals surface area contributed by atoms with Crippen molar-refractivity contribution in [2.45, 2.75) is 103 Å². The Morgan fingerprint density at radius 3 is 2.14 bits per heavy atom. The Bertz CT molecular complexity index is 630. The van der Waals surface area contributed by atoms with E-state index in [-0.39, 0.29) is 11.4 Å². The molecule has 0 amide bonds. The second-order valence-corrected chi connectivity index (χ2v) is 9.45. The summed E-state index contributed by atoms with van der Waals surface area (Å²) in [6, 6.07) is 7.16. The zero-order chi connectivity index (χ0) is 19.8. The summed E-state index contributed by atoms with van der Waals surface area (Å²) in [6.45, 7) is 2.29. The summed E-state index contributed by atoms with van der Waals surface area (Å²) in [7, 11) is 0. The summed E-state index contributed by atoms with van der Waals surface area (Å²) >= 11 is 0. The molecule has 0 spiro atoms. The third-order valence-electron chi connectivity index (χ3n) is 7.63. The van der Waals surface area contributed by atoms with Crippen LogP contribution in [0.3, 0.4) is 0 Å². The molecule has 2 fully saturated rings. The molecular formula is C26H38FN. The predicted octanol–water partition coefficient (Wildman–Crippen LogP) is 8.14. The van der Waals surface area contributed by atoms with Gasteiger partial charge in [0, 0.05) is 0 Å². The van der Waals surface area contributed by atoms with Gasteiger partial charge in [-0.2, -0.15) is 5.26 Å². The number of nitriles is 1. The minimum Gasteiger partial charge on any atom is -0.206 e. The lowest BCUT2D eigenvalue weighted by Crippen LogP contribution is -2.25. The number of nitrogens with zero attached hydrogens (tertiary/aromatic N) is 1. The van der Waals surface area contributed by atoms with Crippen LogP contribution in [0.1, 0.15) is 114 Å². The average Bonchev–Trinajstić information content (AvgIpc) is 2.74. The van der Waals surface area contributed by atoms with Gasteiger partial charge in [-0.1, -0.05) is 64.4 Å². The Morgan fingerprint density at radius 1 is 0.893 bits per heavy atom. The molecule has 2 aliphatic carbocycles. The van der Waals surface area contributed by atoms with Gasteiger partial charge in [0.15, 0.2) is 0 Å². The highest BCUT2D eigenvalue weighted by Gasteiger charge is 2.31. The van der Waals surface area contributed by atoms with Crippen LogP contribution in [0.25, 0.3) is 0 Å². The Balaban J connectivity index is 1.38. The Morgan fingerprint density at radius 2 is 1.54 bits per heavy atom. The molecule has 1 aromatic rings. The van der Waals surface area contributed by atoms with Crippen molar-refractivity contribution in [2.24, 2.45) is 17.8 Å². The van der Waals surface area contributed by atoms with Crippen LogP contribution in [-0.4, -0.2) is 0 Å². The van der Waals surface area contributed by atoms with E-state index in [2.05, 4.69) is 6.92 Å². The monoisotopic (exact) mass is 383 g/mol. The molecule has 0 aliphatic heterocycles. The first kappa shape index (κ1) is 21.4. The van der Waals surface area contributed by atoms with E-state index < -0.39 is 0 Å². The highest BCUT2D eigenvalue weighted by molar-refractivity contribution is 5.34. The van der Waals surface area contributed by atoms with Crippen molar-refractivity contribution in [3.8, 4) is 6.07 Å². The van der Waals surface area contributed by atoms with E-state index in [1.165, 1.54) is 89.9 Å². The van der Waals surface area contributed by atoms with Gasteiger partial charge < -0.3 is 0 Å². The number of unbranched alkanes of at least 4 members (excludes halogenated alkanes) is 4. The minimum atomic E-state index is -0.352. The van der Waals surface area contributed by atoms with E-state index >= 15 is 0 Å². The average molecular weight is 384 g/mol. The summed E-state index contributed by atoms with van der Waals surface area (Å²) in [4.78, 5) is 0. The molecule has 2 saturated carbocycles. The summed E-state index contributed by atoms with van der Waals surface area (Å²) in [5, 5.41) is 8.91.